The molecular formula is C16H16ClN3O3. The van der Waals surface area contributed by atoms with Gasteiger partial charge >= 0.3 is 6.03 Å². The number of halogens is 1. The van der Waals surface area contributed by atoms with E-state index >= 15 is 0 Å². The first-order valence-electron chi connectivity index (χ1n) is 7.11. The highest BCUT2D eigenvalue weighted by Crippen LogP contribution is 2.37. The summed E-state index contributed by atoms with van der Waals surface area (Å²) >= 11 is 6.18. The lowest BCUT2D eigenvalue weighted by Crippen LogP contribution is -2.38. The topological polar surface area (TPSA) is 72.5 Å². The van der Waals surface area contributed by atoms with Gasteiger partial charge in [0, 0.05) is 35.1 Å². The van der Waals surface area contributed by atoms with Crippen LogP contribution in [0.3, 0.4) is 0 Å². The number of carbonyl (C=O) groups is 1. The zero-order chi connectivity index (χ0) is 16.2. The fourth-order valence-corrected chi connectivity index (χ4v) is 2.78. The summed E-state index contributed by atoms with van der Waals surface area (Å²) in [6.07, 6.45) is 3.29. The van der Waals surface area contributed by atoms with Crippen LogP contribution in [-0.2, 0) is 6.54 Å². The lowest BCUT2D eigenvalue weighted by atomic mass is 10.1. The van der Waals surface area contributed by atoms with Gasteiger partial charge in [-0.15, -0.1) is 0 Å². The van der Waals surface area contributed by atoms with Gasteiger partial charge in [-0.1, -0.05) is 17.7 Å². The quantitative estimate of drug-likeness (QED) is 0.902. The first-order chi connectivity index (χ1) is 11.2. The van der Waals surface area contributed by atoms with Crippen LogP contribution >= 0.6 is 11.6 Å². The molecule has 6 nitrogen and oxygen atoms in total. The van der Waals surface area contributed by atoms with Gasteiger partial charge in [0.05, 0.1) is 13.2 Å². The van der Waals surface area contributed by atoms with Gasteiger partial charge in [0.2, 0.25) is 0 Å². The molecule has 3 rings (SSSR count). The number of nitrogens with one attached hydrogen (secondary N) is 2. The Labute approximate surface area is 138 Å². The van der Waals surface area contributed by atoms with Crippen molar-refractivity contribution < 1.29 is 14.3 Å². The van der Waals surface area contributed by atoms with E-state index in [9.17, 15) is 4.79 Å². The molecule has 2 aromatic rings. The summed E-state index contributed by atoms with van der Waals surface area (Å²) in [6.45, 7) is 0.675. The third kappa shape index (κ3) is 3.32. The zero-order valence-electron chi connectivity index (χ0n) is 12.5. The van der Waals surface area contributed by atoms with Crippen LogP contribution in [0.1, 0.15) is 17.2 Å². The van der Waals surface area contributed by atoms with Gasteiger partial charge < -0.3 is 20.1 Å². The molecule has 1 aliphatic rings. The van der Waals surface area contributed by atoms with E-state index in [1.54, 1.807) is 31.6 Å². The SMILES string of the molecule is COc1ccncc1CNC(=O)NC1COc2cccc(Cl)c21. The standard InChI is InChI=1S/C16H16ClN3O3/c1-22-13-5-6-18-7-10(13)8-19-16(21)20-12-9-23-14-4-2-3-11(17)15(12)14/h2-7,12H,8-9H2,1H3,(H2,19,20,21). The van der Waals surface area contributed by atoms with E-state index in [2.05, 4.69) is 15.6 Å². The molecule has 0 saturated heterocycles. The number of nitrogens with zero attached hydrogens (tertiary/aromatic N) is 1. The number of aromatic nitrogens is 1. The maximum Gasteiger partial charge on any atom is 0.315 e. The van der Waals surface area contributed by atoms with Crippen molar-refractivity contribution in [3.63, 3.8) is 0 Å². The molecule has 2 N–H and O–H groups in total. The van der Waals surface area contributed by atoms with E-state index < -0.39 is 0 Å². The lowest BCUT2D eigenvalue weighted by Gasteiger charge is -2.14. The van der Waals surface area contributed by atoms with Crippen molar-refractivity contribution in [2.45, 2.75) is 12.6 Å². The van der Waals surface area contributed by atoms with E-state index in [1.165, 1.54) is 0 Å². The van der Waals surface area contributed by atoms with Crippen molar-refractivity contribution in [1.29, 1.82) is 0 Å². The number of fused-ring (bicyclic) bond motifs is 1. The molecule has 23 heavy (non-hydrogen) atoms. The third-order valence-electron chi connectivity index (χ3n) is 3.59. The number of ether oxygens (including phenoxy) is 2. The monoisotopic (exact) mass is 333 g/mol. The highest BCUT2D eigenvalue weighted by molar-refractivity contribution is 6.31. The van der Waals surface area contributed by atoms with Crippen LogP contribution in [0.25, 0.3) is 0 Å². The first kappa shape index (κ1) is 15.4. The summed E-state index contributed by atoms with van der Waals surface area (Å²) in [5, 5.41) is 6.23. The van der Waals surface area contributed by atoms with Gasteiger partial charge in [-0.3, -0.25) is 4.98 Å². The Kier molecular flexibility index (Phi) is 4.52. The predicted molar refractivity (Wildman–Crippen MR) is 85.8 cm³/mol. The molecule has 1 unspecified atom stereocenters. The van der Waals surface area contributed by atoms with Gasteiger partial charge in [0.25, 0.3) is 0 Å². The number of carbonyl (C=O) groups excluding carboxylic acids is 1. The van der Waals surface area contributed by atoms with Gasteiger partial charge in [0.1, 0.15) is 18.1 Å². The van der Waals surface area contributed by atoms with Crippen molar-refractivity contribution in [3.8, 4) is 11.5 Å². The molecule has 7 heteroatoms. The Hall–Kier alpha value is -2.47. The summed E-state index contributed by atoms with van der Waals surface area (Å²) < 4.78 is 10.8. The molecule has 0 spiro atoms. The summed E-state index contributed by atoms with van der Waals surface area (Å²) in [6, 6.07) is 6.60. The molecule has 0 aliphatic carbocycles. The molecule has 0 saturated carbocycles. The van der Waals surface area contributed by atoms with E-state index in [4.69, 9.17) is 21.1 Å². The average molecular weight is 334 g/mol. The second-order valence-electron chi connectivity index (χ2n) is 5.03. The summed E-state index contributed by atoms with van der Waals surface area (Å²) in [4.78, 5) is 16.1. The Morgan fingerprint density at radius 3 is 3.17 bits per heavy atom. The normalized spacial score (nSPS) is 15.5. The molecule has 0 fully saturated rings. The second-order valence-corrected chi connectivity index (χ2v) is 5.44. The van der Waals surface area contributed by atoms with E-state index in [-0.39, 0.29) is 12.1 Å². The second kappa shape index (κ2) is 6.75. The van der Waals surface area contributed by atoms with Crippen LogP contribution in [-0.4, -0.2) is 24.7 Å². The summed E-state index contributed by atoms with van der Waals surface area (Å²) in [5.41, 5.74) is 1.61. The number of benzene rings is 1. The summed E-state index contributed by atoms with van der Waals surface area (Å²) in [5.74, 6) is 1.38. The molecular weight excluding hydrogens is 318 g/mol. The number of hydrogen-bond donors (Lipinski definition) is 2. The highest BCUT2D eigenvalue weighted by Gasteiger charge is 2.27. The maximum atomic E-state index is 12.1. The van der Waals surface area contributed by atoms with Gasteiger partial charge in [0.15, 0.2) is 0 Å². The molecule has 0 bridgehead atoms. The molecule has 1 aliphatic heterocycles. The minimum atomic E-state index is -0.308. The van der Waals surface area contributed by atoms with Crippen LogP contribution in [0.4, 0.5) is 4.79 Å². The van der Waals surface area contributed by atoms with Crippen LogP contribution in [0.2, 0.25) is 5.02 Å². The van der Waals surface area contributed by atoms with E-state index in [0.717, 1.165) is 11.1 Å². The minimum absolute atomic E-state index is 0.269. The Morgan fingerprint density at radius 1 is 1.48 bits per heavy atom. The van der Waals surface area contributed by atoms with Crippen LogP contribution in [0, 0.1) is 0 Å². The molecule has 0 radical (unpaired) electrons. The number of rotatable bonds is 4. The number of methoxy groups -OCH3 is 1. The molecule has 2 heterocycles. The molecule has 1 atom stereocenters. The molecule has 1 aromatic heterocycles. The average Bonchev–Trinajstić information content (AvgIpc) is 2.97. The van der Waals surface area contributed by atoms with Crippen molar-refractivity contribution in [2.24, 2.45) is 0 Å². The first-order valence-corrected chi connectivity index (χ1v) is 7.49. The van der Waals surface area contributed by atoms with Crippen molar-refractivity contribution in [2.75, 3.05) is 13.7 Å². The van der Waals surface area contributed by atoms with Crippen molar-refractivity contribution in [3.05, 3.63) is 52.8 Å². The van der Waals surface area contributed by atoms with E-state index in [0.29, 0.717) is 29.7 Å². The molecule has 1 aromatic carbocycles. The number of pyridine rings is 1. The van der Waals surface area contributed by atoms with E-state index in [1.807, 2.05) is 12.1 Å². The zero-order valence-corrected chi connectivity index (χ0v) is 13.3. The smallest absolute Gasteiger partial charge is 0.315 e. The van der Waals surface area contributed by atoms with Crippen LogP contribution in [0.15, 0.2) is 36.7 Å². The van der Waals surface area contributed by atoms with Gasteiger partial charge in [-0.25, -0.2) is 4.79 Å². The van der Waals surface area contributed by atoms with Gasteiger partial charge in [-0.2, -0.15) is 0 Å². The molecule has 2 amide bonds. The number of urea groups is 1. The predicted octanol–water partition coefficient (Wildman–Crippen LogP) is 2.68. The highest BCUT2D eigenvalue weighted by atomic mass is 35.5. The summed E-state index contributed by atoms with van der Waals surface area (Å²) in [7, 11) is 1.58. The molecule has 120 valence electrons. The largest absolute Gasteiger partial charge is 0.496 e. The Bertz CT molecular complexity index is 723. The number of amides is 2. The Morgan fingerprint density at radius 2 is 2.35 bits per heavy atom. The van der Waals surface area contributed by atoms with Gasteiger partial charge in [-0.05, 0) is 18.2 Å². The maximum absolute atomic E-state index is 12.1. The minimum Gasteiger partial charge on any atom is -0.496 e. The fraction of sp³-hybridized carbons (Fsp3) is 0.250. The van der Waals surface area contributed by atoms with Crippen molar-refractivity contribution in [1.82, 2.24) is 15.6 Å². The fourth-order valence-electron chi connectivity index (χ4n) is 2.48. The number of hydrogen-bond acceptors (Lipinski definition) is 4. The third-order valence-corrected chi connectivity index (χ3v) is 3.92. The Balaban J connectivity index is 1.61. The van der Waals surface area contributed by atoms with Crippen molar-refractivity contribution >= 4 is 17.6 Å². The lowest BCUT2D eigenvalue weighted by molar-refractivity contribution is 0.231. The van der Waals surface area contributed by atoms with Crippen LogP contribution < -0.4 is 20.1 Å². The van der Waals surface area contributed by atoms with Crippen LogP contribution in [0.5, 0.6) is 11.5 Å².